The van der Waals surface area contributed by atoms with Crippen LogP contribution in [0.3, 0.4) is 0 Å². The Hall–Kier alpha value is -0.570. The van der Waals surface area contributed by atoms with Crippen molar-refractivity contribution in [3.05, 3.63) is 0 Å². The Labute approximate surface area is 93.2 Å². The van der Waals surface area contributed by atoms with Crippen molar-refractivity contribution < 1.29 is 4.79 Å². The SMILES string of the molecule is CCCCCNCCC(=O)N1CCCC1. The first-order valence-electron chi connectivity index (χ1n) is 6.33. The third-order valence-corrected chi connectivity index (χ3v) is 2.93. The number of likely N-dealkylation sites (tertiary alicyclic amines) is 1. The van der Waals surface area contributed by atoms with Crippen molar-refractivity contribution in [1.29, 1.82) is 0 Å². The van der Waals surface area contributed by atoms with Crippen LogP contribution < -0.4 is 5.32 Å². The van der Waals surface area contributed by atoms with Gasteiger partial charge in [0, 0.05) is 26.1 Å². The lowest BCUT2D eigenvalue weighted by Crippen LogP contribution is -2.30. The third-order valence-electron chi connectivity index (χ3n) is 2.93. The molecule has 1 heterocycles. The molecule has 88 valence electrons. The Bertz CT molecular complexity index is 176. The molecule has 0 aromatic carbocycles. The second-order valence-electron chi connectivity index (χ2n) is 4.30. The van der Waals surface area contributed by atoms with Gasteiger partial charge in [0.15, 0.2) is 0 Å². The molecule has 3 nitrogen and oxygen atoms in total. The summed E-state index contributed by atoms with van der Waals surface area (Å²) in [7, 11) is 0. The molecule has 1 saturated heterocycles. The molecule has 15 heavy (non-hydrogen) atoms. The zero-order valence-corrected chi connectivity index (χ0v) is 9.93. The predicted octanol–water partition coefficient (Wildman–Crippen LogP) is 1.78. The molecule has 0 aromatic heterocycles. The van der Waals surface area contributed by atoms with Crippen LogP contribution >= 0.6 is 0 Å². The number of hydrogen-bond acceptors (Lipinski definition) is 2. The van der Waals surface area contributed by atoms with E-state index in [0.29, 0.717) is 12.3 Å². The number of nitrogens with zero attached hydrogens (tertiary/aromatic N) is 1. The fourth-order valence-electron chi connectivity index (χ4n) is 1.94. The van der Waals surface area contributed by atoms with Gasteiger partial charge in [-0.15, -0.1) is 0 Å². The molecule has 1 fully saturated rings. The summed E-state index contributed by atoms with van der Waals surface area (Å²) in [5, 5.41) is 3.33. The molecule has 3 heteroatoms. The van der Waals surface area contributed by atoms with E-state index in [4.69, 9.17) is 0 Å². The van der Waals surface area contributed by atoms with E-state index in [2.05, 4.69) is 12.2 Å². The van der Waals surface area contributed by atoms with Crippen LogP contribution in [0.5, 0.6) is 0 Å². The van der Waals surface area contributed by atoms with Crippen molar-refractivity contribution in [3.8, 4) is 0 Å². The van der Waals surface area contributed by atoms with E-state index < -0.39 is 0 Å². The molecule has 1 rings (SSSR count). The Morgan fingerprint density at radius 3 is 2.60 bits per heavy atom. The molecule has 0 bridgehead atoms. The van der Waals surface area contributed by atoms with Gasteiger partial charge in [-0.05, 0) is 25.8 Å². The van der Waals surface area contributed by atoms with Crippen molar-refractivity contribution in [2.45, 2.75) is 45.4 Å². The predicted molar refractivity (Wildman–Crippen MR) is 62.8 cm³/mol. The fraction of sp³-hybridized carbons (Fsp3) is 0.917. The largest absolute Gasteiger partial charge is 0.343 e. The van der Waals surface area contributed by atoms with Crippen LogP contribution in [0.25, 0.3) is 0 Å². The van der Waals surface area contributed by atoms with Gasteiger partial charge < -0.3 is 10.2 Å². The van der Waals surface area contributed by atoms with E-state index in [1.54, 1.807) is 0 Å². The lowest BCUT2D eigenvalue weighted by molar-refractivity contribution is -0.130. The average Bonchev–Trinajstić information content (AvgIpc) is 2.76. The van der Waals surface area contributed by atoms with E-state index >= 15 is 0 Å². The molecule has 1 aliphatic rings. The Morgan fingerprint density at radius 2 is 1.93 bits per heavy atom. The highest BCUT2D eigenvalue weighted by Crippen LogP contribution is 2.08. The van der Waals surface area contributed by atoms with Crippen molar-refractivity contribution >= 4 is 5.91 Å². The van der Waals surface area contributed by atoms with Crippen molar-refractivity contribution in [1.82, 2.24) is 10.2 Å². The summed E-state index contributed by atoms with van der Waals surface area (Å²) in [5.74, 6) is 0.329. The van der Waals surface area contributed by atoms with Gasteiger partial charge in [0.1, 0.15) is 0 Å². The van der Waals surface area contributed by atoms with Crippen molar-refractivity contribution in [2.75, 3.05) is 26.2 Å². The van der Waals surface area contributed by atoms with Crippen LogP contribution in [-0.4, -0.2) is 37.0 Å². The maximum absolute atomic E-state index is 11.6. The normalized spacial score (nSPS) is 15.9. The first-order valence-corrected chi connectivity index (χ1v) is 6.33. The third kappa shape index (κ3) is 5.17. The van der Waals surface area contributed by atoms with E-state index in [9.17, 15) is 4.79 Å². The zero-order chi connectivity index (χ0) is 10.9. The summed E-state index contributed by atoms with van der Waals surface area (Å²) >= 11 is 0. The Kier molecular flexibility index (Phi) is 6.41. The van der Waals surface area contributed by atoms with Crippen LogP contribution in [0.4, 0.5) is 0 Å². The fourth-order valence-corrected chi connectivity index (χ4v) is 1.94. The quantitative estimate of drug-likeness (QED) is 0.652. The van der Waals surface area contributed by atoms with Gasteiger partial charge in [-0.3, -0.25) is 4.79 Å². The topological polar surface area (TPSA) is 32.3 Å². The van der Waals surface area contributed by atoms with Gasteiger partial charge in [-0.25, -0.2) is 0 Å². The molecule has 0 aromatic rings. The number of carbonyl (C=O) groups excluding carboxylic acids is 1. The smallest absolute Gasteiger partial charge is 0.223 e. The molecule has 0 unspecified atom stereocenters. The second-order valence-corrected chi connectivity index (χ2v) is 4.30. The van der Waals surface area contributed by atoms with Gasteiger partial charge in [0.25, 0.3) is 0 Å². The molecule has 0 spiro atoms. The minimum Gasteiger partial charge on any atom is -0.343 e. The maximum Gasteiger partial charge on any atom is 0.223 e. The van der Waals surface area contributed by atoms with Gasteiger partial charge in [-0.1, -0.05) is 19.8 Å². The van der Waals surface area contributed by atoms with Crippen LogP contribution in [0.15, 0.2) is 0 Å². The average molecular weight is 212 g/mol. The van der Waals surface area contributed by atoms with E-state index in [1.807, 2.05) is 4.90 Å². The van der Waals surface area contributed by atoms with Gasteiger partial charge in [0.2, 0.25) is 5.91 Å². The van der Waals surface area contributed by atoms with E-state index in [0.717, 1.165) is 26.2 Å². The Morgan fingerprint density at radius 1 is 1.20 bits per heavy atom. The summed E-state index contributed by atoms with van der Waals surface area (Å²) < 4.78 is 0. The first-order chi connectivity index (χ1) is 7.34. The van der Waals surface area contributed by atoms with Crippen LogP contribution in [0, 0.1) is 0 Å². The lowest BCUT2D eigenvalue weighted by atomic mass is 10.2. The number of rotatable bonds is 7. The van der Waals surface area contributed by atoms with Crippen LogP contribution in [0.1, 0.15) is 45.4 Å². The monoisotopic (exact) mass is 212 g/mol. The number of unbranched alkanes of at least 4 members (excludes halogenated alkanes) is 2. The van der Waals surface area contributed by atoms with Crippen molar-refractivity contribution in [2.24, 2.45) is 0 Å². The number of carbonyl (C=O) groups is 1. The lowest BCUT2D eigenvalue weighted by Gasteiger charge is -2.15. The van der Waals surface area contributed by atoms with Gasteiger partial charge in [-0.2, -0.15) is 0 Å². The number of nitrogens with one attached hydrogen (secondary N) is 1. The summed E-state index contributed by atoms with van der Waals surface area (Å²) in [6.45, 7) is 6.07. The number of hydrogen-bond donors (Lipinski definition) is 1. The first kappa shape index (κ1) is 12.5. The minimum absolute atomic E-state index is 0.329. The molecule has 0 aliphatic carbocycles. The molecular weight excluding hydrogens is 188 g/mol. The van der Waals surface area contributed by atoms with E-state index in [-0.39, 0.29) is 0 Å². The van der Waals surface area contributed by atoms with Crippen LogP contribution in [0.2, 0.25) is 0 Å². The highest BCUT2D eigenvalue weighted by Gasteiger charge is 2.16. The second kappa shape index (κ2) is 7.69. The van der Waals surface area contributed by atoms with E-state index in [1.165, 1.54) is 32.1 Å². The summed E-state index contributed by atoms with van der Waals surface area (Å²) in [6, 6.07) is 0. The zero-order valence-electron chi connectivity index (χ0n) is 9.93. The molecule has 1 N–H and O–H groups in total. The molecule has 0 radical (unpaired) electrons. The molecular formula is C12H24N2O. The number of amides is 1. The summed E-state index contributed by atoms with van der Waals surface area (Å²) in [6.07, 6.45) is 6.83. The maximum atomic E-state index is 11.6. The molecule has 0 saturated carbocycles. The van der Waals surface area contributed by atoms with Gasteiger partial charge >= 0.3 is 0 Å². The molecule has 1 amide bonds. The molecule has 1 aliphatic heterocycles. The minimum atomic E-state index is 0.329. The van der Waals surface area contributed by atoms with Gasteiger partial charge in [0.05, 0.1) is 0 Å². The summed E-state index contributed by atoms with van der Waals surface area (Å²) in [5.41, 5.74) is 0. The van der Waals surface area contributed by atoms with Crippen molar-refractivity contribution in [3.63, 3.8) is 0 Å². The summed E-state index contributed by atoms with van der Waals surface area (Å²) in [4.78, 5) is 13.6. The molecule has 0 atom stereocenters. The highest BCUT2D eigenvalue weighted by molar-refractivity contribution is 5.76. The highest BCUT2D eigenvalue weighted by atomic mass is 16.2. The Balaban J connectivity index is 1.92. The standard InChI is InChI=1S/C12H24N2O/c1-2-3-4-8-13-9-7-12(15)14-10-5-6-11-14/h13H,2-11H2,1H3. The van der Waals surface area contributed by atoms with Crippen LogP contribution in [-0.2, 0) is 4.79 Å².